The number of ether oxygens (including phenoxy) is 1. The minimum atomic E-state index is -0.810. The highest BCUT2D eigenvalue weighted by molar-refractivity contribution is 5.70. The number of aliphatic carboxylic acids is 1. The van der Waals surface area contributed by atoms with Crippen LogP contribution in [0, 0.1) is 0 Å². The molecule has 0 unspecified atom stereocenters. The molecule has 4 heteroatoms. The van der Waals surface area contributed by atoms with Gasteiger partial charge >= 0.3 is 5.97 Å². The van der Waals surface area contributed by atoms with Crippen molar-refractivity contribution < 1.29 is 14.6 Å². The summed E-state index contributed by atoms with van der Waals surface area (Å²) in [5.41, 5.74) is 2.94. The number of nitrogens with one attached hydrogen (secondary N) is 1. The summed E-state index contributed by atoms with van der Waals surface area (Å²) in [5, 5.41) is 12.0. The van der Waals surface area contributed by atoms with E-state index in [1.165, 1.54) is 0 Å². The first-order chi connectivity index (χ1) is 10.2. The molecular formula is C17H19NO3. The van der Waals surface area contributed by atoms with Gasteiger partial charge in [-0.3, -0.25) is 4.79 Å². The van der Waals surface area contributed by atoms with Crippen LogP contribution >= 0.6 is 0 Å². The molecule has 2 rings (SSSR count). The number of carboxylic acids is 1. The first-order valence-corrected chi connectivity index (χ1v) is 6.93. The zero-order chi connectivity index (χ0) is 15.1. The van der Waals surface area contributed by atoms with E-state index in [0.29, 0.717) is 13.2 Å². The van der Waals surface area contributed by atoms with E-state index in [0.717, 1.165) is 22.6 Å². The molecule has 0 aliphatic rings. The number of hydrogen-bond acceptors (Lipinski definition) is 3. The van der Waals surface area contributed by atoms with Gasteiger partial charge in [-0.25, -0.2) is 0 Å². The first kappa shape index (κ1) is 14.9. The summed E-state index contributed by atoms with van der Waals surface area (Å²) in [6, 6.07) is 15.4. The molecule has 0 saturated carbocycles. The number of carboxylic acid groups (broad SMARTS) is 1. The van der Waals surface area contributed by atoms with E-state index in [4.69, 9.17) is 9.84 Å². The average Bonchev–Trinajstić information content (AvgIpc) is 2.48. The number of rotatable bonds is 7. The molecule has 0 spiro atoms. The van der Waals surface area contributed by atoms with E-state index in [1.807, 2.05) is 55.5 Å². The van der Waals surface area contributed by atoms with E-state index in [1.54, 1.807) is 0 Å². The minimum absolute atomic E-state index is 0.0621. The lowest BCUT2D eigenvalue weighted by Crippen LogP contribution is -2.02. The Hall–Kier alpha value is -2.49. The van der Waals surface area contributed by atoms with E-state index in [9.17, 15) is 4.79 Å². The average molecular weight is 285 g/mol. The number of carbonyl (C=O) groups is 1. The molecule has 21 heavy (non-hydrogen) atoms. The van der Waals surface area contributed by atoms with Crippen molar-refractivity contribution in [3.8, 4) is 5.75 Å². The van der Waals surface area contributed by atoms with Crippen molar-refractivity contribution in [2.24, 2.45) is 0 Å². The highest BCUT2D eigenvalue weighted by Crippen LogP contribution is 2.16. The van der Waals surface area contributed by atoms with Crippen molar-refractivity contribution in [2.75, 3.05) is 11.9 Å². The summed E-state index contributed by atoms with van der Waals surface area (Å²) in [6.07, 6.45) is 0.0621. The van der Waals surface area contributed by atoms with Crippen molar-refractivity contribution in [1.82, 2.24) is 0 Å². The Labute approximate surface area is 124 Å². The van der Waals surface area contributed by atoms with Crippen LogP contribution in [-0.4, -0.2) is 17.7 Å². The lowest BCUT2D eigenvalue weighted by molar-refractivity contribution is -0.136. The Kier molecular flexibility index (Phi) is 5.21. The van der Waals surface area contributed by atoms with Crippen molar-refractivity contribution in [3.63, 3.8) is 0 Å². The fourth-order valence-corrected chi connectivity index (χ4v) is 1.99. The van der Waals surface area contributed by atoms with Gasteiger partial charge in [-0.15, -0.1) is 0 Å². The van der Waals surface area contributed by atoms with Crippen LogP contribution < -0.4 is 10.1 Å². The van der Waals surface area contributed by atoms with Gasteiger partial charge in [0, 0.05) is 12.2 Å². The Morgan fingerprint density at radius 3 is 2.24 bits per heavy atom. The van der Waals surface area contributed by atoms with Gasteiger partial charge in [0.1, 0.15) is 5.75 Å². The van der Waals surface area contributed by atoms with Crippen LogP contribution in [0.25, 0.3) is 0 Å². The zero-order valence-electron chi connectivity index (χ0n) is 12.0. The molecule has 0 aliphatic heterocycles. The molecule has 0 amide bonds. The first-order valence-electron chi connectivity index (χ1n) is 6.93. The summed E-state index contributed by atoms with van der Waals surface area (Å²) in [7, 11) is 0. The second kappa shape index (κ2) is 7.33. The third kappa shape index (κ3) is 4.84. The van der Waals surface area contributed by atoms with E-state index < -0.39 is 5.97 Å². The van der Waals surface area contributed by atoms with Crippen LogP contribution in [0.15, 0.2) is 48.5 Å². The highest BCUT2D eigenvalue weighted by Gasteiger charge is 2.00. The lowest BCUT2D eigenvalue weighted by atomic mass is 10.1. The van der Waals surface area contributed by atoms with Crippen LogP contribution in [0.2, 0.25) is 0 Å². The molecule has 0 heterocycles. The second-order valence-corrected chi connectivity index (χ2v) is 4.70. The fourth-order valence-electron chi connectivity index (χ4n) is 1.99. The molecular weight excluding hydrogens is 266 g/mol. The molecule has 2 N–H and O–H groups in total. The summed E-state index contributed by atoms with van der Waals surface area (Å²) < 4.78 is 5.39. The molecule has 2 aromatic rings. The standard InChI is InChI=1S/C17H19NO3/c1-2-21-16-9-7-15(8-10-16)18-12-14-5-3-13(4-6-14)11-17(19)20/h3-10,18H,2,11-12H2,1H3,(H,19,20). The Morgan fingerprint density at radius 2 is 1.67 bits per heavy atom. The summed E-state index contributed by atoms with van der Waals surface area (Å²) in [5.74, 6) is 0.0522. The Morgan fingerprint density at radius 1 is 1.05 bits per heavy atom. The molecule has 2 aromatic carbocycles. The van der Waals surface area contributed by atoms with Crippen LogP contribution in [0.5, 0.6) is 5.75 Å². The van der Waals surface area contributed by atoms with Crippen molar-refractivity contribution in [1.29, 1.82) is 0 Å². The topological polar surface area (TPSA) is 58.6 Å². The summed E-state index contributed by atoms with van der Waals surface area (Å²) in [4.78, 5) is 10.6. The third-order valence-electron chi connectivity index (χ3n) is 3.04. The maximum Gasteiger partial charge on any atom is 0.307 e. The molecule has 110 valence electrons. The molecule has 0 fully saturated rings. The maximum atomic E-state index is 10.6. The molecule has 0 radical (unpaired) electrons. The zero-order valence-corrected chi connectivity index (χ0v) is 12.0. The number of benzene rings is 2. The van der Waals surface area contributed by atoms with Crippen molar-refractivity contribution in [2.45, 2.75) is 19.9 Å². The van der Waals surface area contributed by atoms with Crippen LogP contribution in [0.3, 0.4) is 0 Å². The van der Waals surface area contributed by atoms with Crippen LogP contribution in [0.1, 0.15) is 18.1 Å². The van der Waals surface area contributed by atoms with Crippen LogP contribution in [-0.2, 0) is 17.8 Å². The predicted molar refractivity (Wildman–Crippen MR) is 82.7 cm³/mol. The smallest absolute Gasteiger partial charge is 0.307 e. The Balaban J connectivity index is 1.88. The van der Waals surface area contributed by atoms with Gasteiger partial charge in [-0.1, -0.05) is 24.3 Å². The monoisotopic (exact) mass is 285 g/mol. The van der Waals surface area contributed by atoms with Crippen LogP contribution in [0.4, 0.5) is 5.69 Å². The molecule has 0 atom stereocenters. The summed E-state index contributed by atoms with van der Waals surface area (Å²) >= 11 is 0. The summed E-state index contributed by atoms with van der Waals surface area (Å²) in [6.45, 7) is 3.32. The fraction of sp³-hybridized carbons (Fsp3) is 0.235. The molecule has 0 bridgehead atoms. The molecule has 0 aromatic heterocycles. The largest absolute Gasteiger partial charge is 0.494 e. The minimum Gasteiger partial charge on any atom is -0.494 e. The van der Waals surface area contributed by atoms with E-state index in [-0.39, 0.29) is 6.42 Å². The highest BCUT2D eigenvalue weighted by atomic mass is 16.5. The number of anilines is 1. The predicted octanol–water partition coefficient (Wildman–Crippen LogP) is 3.32. The quantitative estimate of drug-likeness (QED) is 0.819. The maximum absolute atomic E-state index is 10.6. The van der Waals surface area contributed by atoms with Crippen molar-refractivity contribution in [3.05, 3.63) is 59.7 Å². The lowest BCUT2D eigenvalue weighted by Gasteiger charge is -2.08. The Bertz CT molecular complexity index is 576. The SMILES string of the molecule is CCOc1ccc(NCc2ccc(CC(=O)O)cc2)cc1. The molecule has 4 nitrogen and oxygen atoms in total. The van der Waals surface area contributed by atoms with Crippen molar-refractivity contribution >= 4 is 11.7 Å². The molecule has 0 saturated heterocycles. The van der Waals surface area contributed by atoms with Gasteiger partial charge in [0.25, 0.3) is 0 Å². The normalized spacial score (nSPS) is 10.1. The number of hydrogen-bond donors (Lipinski definition) is 2. The van der Waals surface area contributed by atoms with E-state index in [2.05, 4.69) is 5.32 Å². The van der Waals surface area contributed by atoms with Gasteiger partial charge in [-0.2, -0.15) is 0 Å². The van der Waals surface area contributed by atoms with Gasteiger partial charge in [0.2, 0.25) is 0 Å². The van der Waals surface area contributed by atoms with Gasteiger partial charge < -0.3 is 15.2 Å². The second-order valence-electron chi connectivity index (χ2n) is 4.70. The van der Waals surface area contributed by atoms with Gasteiger partial charge in [-0.05, 0) is 42.3 Å². The van der Waals surface area contributed by atoms with Gasteiger partial charge in [0.15, 0.2) is 0 Å². The molecule has 0 aliphatic carbocycles. The van der Waals surface area contributed by atoms with E-state index >= 15 is 0 Å². The van der Waals surface area contributed by atoms with Gasteiger partial charge in [0.05, 0.1) is 13.0 Å². The third-order valence-corrected chi connectivity index (χ3v) is 3.04.